The fourth-order valence-electron chi connectivity index (χ4n) is 2.20. The maximum Gasteiger partial charge on any atom is 0.357 e. The standard InChI is InChI=1S/C16H13BrN2O2/c1-2-21-16(20)15-14(11-6-8-12(17)9-7-11)18-13-5-3-4-10-19(13)15/h3-10H,2H2,1H3. The first-order valence-corrected chi connectivity index (χ1v) is 7.40. The van der Waals surface area contributed by atoms with E-state index < -0.39 is 0 Å². The maximum absolute atomic E-state index is 12.3. The number of imidazole rings is 1. The van der Waals surface area contributed by atoms with Gasteiger partial charge < -0.3 is 4.74 Å². The van der Waals surface area contributed by atoms with Crippen molar-refractivity contribution >= 4 is 27.5 Å². The minimum atomic E-state index is -0.367. The molecule has 0 aliphatic heterocycles. The highest BCUT2D eigenvalue weighted by Gasteiger charge is 2.21. The third kappa shape index (κ3) is 2.56. The summed E-state index contributed by atoms with van der Waals surface area (Å²) in [5.41, 5.74) is 2.69. The first kappa shape index (κ1) is 13.8. The molecule has 0 spiro atoms. The van der Waals surface area contributed by atoms with Crippen LogP contribution in [0.2, 0.25) is 0 Å². The Kier molecular flexibility index (Phi) is 3.75. The van der Waals surface area contributed by atoms with Gasteiger partial charge in [-0.3, -0.25) is 4.40 Å². The predicted molar refractivity (Wildman–Crippen MR) is 84.3 cm³/mol. The van der Waals surface area contributed by atoms with E-state index in [1.807, 2.05) is 48.7 Å². The monoisotopic (exact) mass is 344 g/mol. The number of benzene rings is 1. The second-order valence-electron chi connectivity index (χ2n) is 4.47. The van der Waals surface area contributed by atoms with E-state index in [4.69, 9.17) is 4.74 Å². The van der Waals surface area contributed by atoms with Crippen molar-refractivity contribution in [2.24, 2.45) is 0 Å². The third-order valence-corrected chi connectivity index (χ3v) is 3.65. The van der Waals surface area contributed by atoms with Gasteiger partial charge in [0.2, 0.25) is 0 Å². The average Bonchev–Trinajstić information content (AvgIpc) is 2.87. The van der Waals surface area contributed by atoms with Gasteiger partial charge in [-0.2, -0.15) is 0 Å². The molecule has 2 aromatic heterocycles. The molecular weight excluding hydrogens is 332 g/mol. The van der Waals surface area contributed by atoms with Crippen molar-refractivity contribution in [2.75, 3.05) is 6.61 Å². The number of carbonyl (C=O) groups excluding carboxylic acids is 1. The lowest BCUT2D eigenvalue weighted by atomic mass is 10.1. The Balaban J connectivity index is 2.23. The number of aromatic nitrogens is 2. The van der Waals surface area contributed by atoms with Crippen LogP contribution in [0.3, 0.4) is 0 Å². The summed E-state index contributed by atoms with van der Waals surface area (Å²) in [7, 11) is 0. The highest BCUT2D eigenvalue weighted by molar-refractivity contribution is 9.10. The first-order valence-electron chi connectivity index (χ1n) is 6.61. The van der Waals surface area contributed by atoms with Crippen molar-refractivity contribution in [2.45, 2.75) is 6.92 Å². The summed E-state index contributed by atoms with van der Waals surface area (Å²) in [6.45, 7) is 2.12. The minimum absolute atomic E-state index is 0.332. The van der Waals surface area contributed by atoms with Crippen molar-refractivity contribution in [1.29, 1.82) is 0 Å². The topological polar surface area (TPSA) is 43.6 Å². The second-order valence-corrected chi connectivity index (χ2v) is 5.38. The zero-order chi connectivity index (χ0) is 14.8. The Morgan fingerprint density at radius 1 is 1.24 bits per heavy atom. The van der Waals surface area contributed by atoms with Gasteiger partial charge in [-0.05, 0) is 31.2 Å². The minimum Gasteiger partial charge on any atom is -0.461 e. The lowest BCUT2D eigenvalue weighted by molar-refractivity contribution is 0.0519. The number of rotatable bonds is 3. The number of pyridine rings is 1. The molecule has 0 fully saturated rings. The van der Waals surface area contributed by atoms with Crippen LogP contribution in [0.1, 0.15) is 17.4 Å². The summed E-state index contributed by atoms with van der Waals surface area (Å²) in [6, 6.07) is 13.3. The largest absolute Gasteiger partial charge is 0.461 e. The van der Waals surface area contributed by atoms with Gasteiger partial charge in [0.05, 0.1) is 6.61 Å². The Morgan fingerprint density at radius 2 is 2.00 bits per heavy atom. The van der Waals surface area contributed by atoms with E-state index in [0.29, 0.717) is 18.0 Å². The summed E-state index contributed by atoms with van der Waals surface area (Å²) in [5.74, 6) is -0.367. The van der Waals surface area contributed by atoms with Gasteiger partial charge in [-0.1, -0.05) is 34.1 Å². The Bertz CT molecular complexity index is 794. The quantitative estimate of drug-likeness (QED) is 0.676. The van der Waals surface area contributed by atoms with E-state index in [2.05, 4.69) is 20.9 Å². The number of carbonyl (C=O) groups is 1. The van der Waals surface area contributed by atoms with Crippen LogP contribution in [0.5, 0.6) is 0 Å². The maximum atomic E-state index is 12.3. The zero-order valence-electron chi connectivity index (χ0n) is 11.4. The zero-order valence-corrected chi connectivity index (χ0v) is 13.0. The lowest BCUT2D eigenvalue weighted by Crippen LogP contribution is -2.09. The predicted octanol–water partition coefficient (Wildman–Crippen LogP) is 3.94. The lowest BCUT2D eigenvalue weighted by Gasteiger charge is -2.05. The van der Waals surface area contributed by atoms with Crippen LogP contribution >= 0.6 is 15.9 Å². The number of esters is 1. The number of hydrogen-bond donors (Lipinski definition) is 0. The first-order chi connectivity index (χ1) is 10.2. The van der Waals surface area contributed by atoms with Gasteiger partial charge >= 0.3 is 5.97 Å². The van der Waals surface area contributed by atoms with Gasteiger partial charge in [0.25, 0.3) is 0 Å². The fourth-order valence-corrected chi connectivity index (χ4v) is 2.46. The highest BCUT2D eigenvalue weighted by Crippen LogP contribution is 2.26. The Hall–Kier alpha value is -2.14. The van der Waals surface area contributed by atoms with E-state index in [9.17, 15) is 4.79 Å². The molecule has 2 heterocycles. The van der Waals surface area contributed by atoms with Crippen LogP contribution < -0.4 is 0 Å². The molecule has 21 heavy (non-hydrogen) atoms. The van der Waals surface area contributed by atoms with E-state index in [1.165, 1.54) is 0 Å². The molecule has 0 saturated carbocycles. The van der Waals surface area contributed by atoms with E-state index >= 15 is 0 Å². The molecule has 3 rings (SSSR count). The Labute approximate surface area is 130 Å². The van der Waals surface area contributed by atoms with Gasteiger partial charge in [-0.25, -0.2) is 9.78 Å². The van der Waals surface area contributed by atoms with Crippen molar-refractivity contribution in [3.8, 4) is 11.3 Å². The van der Waals surface area contributed by atoms with Crippen LogP contribution in [0, 0.1) is 0 Å². The molecule has 0 radical (unpaired) electrons. The van der Waals surface area contributed by atoms with Crippen LogP contribution in [-0.2, 0) is 4.74 Å². The third-order valence-electron chi connectivity index (χ3n) is 3.12. The van der Waals surface area contributed by atoms with Gasteiger partial charge in [0, 0.05) is 16.2 Å². The van der Waals surface area contributed by atoms with E-state index in [-0.39, 0.29) is 5.97 Å². The summed E-state index contributed by atoms with van der Waals surface area (Å²) in [4.78, 5) is 16.9. The smallest absolute Gasteiger partial charge is 0.357 e. The number of halogens is 1. The summed E-state index contributed by atoms with van der Waals surface area (Å²) >= 11 is 3.41. The van der Waals surface area contributed by atoms with Crippen LogP contribution in [0.15, 0.2) is 53.1 Å². The molecule has 0 unspecified atom stereocenters. The van der Waals surface area contributed by atoms with Gasteiger partial charge in [0.15, 0.2) is 5.69 Å². The molecule has 0 saturated heterocycles. The molecule has 0 atom stereocenters. The molecule has 4 nitrogen and oxygen atoms in total. The molecule has 106 valence electrons. The Morgan fingerprint density at radius 3 is 2.71 bits per heavy atom. The summed E-state index contributed by atoms with van der Waals surface area (Å²) in [6.07, 6.45) is 1.82. The number of fused-ring (bicyclic) bond motifs is 1. The molecule has 0 N–H and O–H groups in total. The molecule has 0 aliphatic carbocycles. The second kappa shape index (κ2) is 5.69. The molecule has 0 bridgehead atoms. The molecule has 1 aromatic carbocycles. The normalized spacial score (nSPS) is 10.8. The molecule has 0 amide bonds. The average molecular weight is 345 g/mol. The number of ether oxygens (including phenoxy) is 1. The molecular formula is C16H13BrN2O2. The van der Waals surface area contributed by atoms with Crippen molar-refractivity contribution in [3.05, 3.63) is 58.8 Å². The number of hydrogen-bond acceptors (Lipinski definition) is 3. The van der Waals surface area contributed by atoms with Crippen molar-refractivity contribution in [3.63, 3.8) is 0 Å². The van der Waals surface area contributed by atoms with Crippen LogP contribution in [0.4, 0.5) is 0 Å². The number of nitrogens with zero attached hydrogens (tertiary/aromatic N) is 2. The SMILES string of the molecule is CCOC(=O)c1c(-c2ccc(Br)cc2)nc2ccccn12. The molecule has 0 aliphatic rings. The summed E-state index contributed by atoms with van der Waals surface area (Å²) < 4.78 is 7.91. The van der Waals surface area contributed by atoms with E-state index in [1.54, 1.807) is 11.3 Å². The molecule has 5 heteroatoms. The fraction of sp³-hybridized carbons (Fsp3) is 0.125. The van der Waals surface area contributed by atoms with Crippen LogP contribution in [-0.4, -0.2) is 22.0 Å². The van der Waals surface area contributed by atoms with E-state index in [0.717, 1.165) is 15.7 Å². The van der Waals surface area contributed by atoms with Crippen molar-refractivity contribution < 1.29 is 9.53 Å². The van der Waals surface area contributed by atoms with Gasteiger partial charge in [-0.15, -0.1) is 0 Å². The van der Waals surface area contributed by atoms with Crippen LogP contribution in [0.25, 0.3) is 16.9 Å². The summed E-state index contributed by atoms with van der Waals surface area (Å²) in [5, 5.41) is 0. The highest BCUT2D eigenvalue weighted by atomic mass is 79.9. The van der Waals surface area contributed by atoms with Crippen molar-refractivity contribution in [1.82, 2.24) is 9.38 Å². The molecule has 3 aromatic rings. The van der Waals surface area contributed by atoms with Gasteiger partial charge in [0.1, 0.15) is 11.3 Å².